The van der Waals surface area contributed by atoms with Crippen LogP contribution in [-0.2, 0) is 33.2 Å². The number of rotatable bonds is 11. The lowest BCUT2D eigenvalue weighted by molar-refractivity contribution is -0.330. The normalized spacial score (nSPS) is 47.1. The van der Waals surface area contributed by atoms with Gasteiger partial charge in [0.15, 0.2) is 12.6 Å². The molecule has 3 fully saturated rings. The van der Waals surface area contributed by atoms with Gasteiger partial charge in [-0.25, -0.2) is 4.79 Å². The van der Waals surface area contributed by atoms with E-state index < -0.39 is 89.5 Å². The van der Waals surface area contributed by atoms with Gasteiger partial charge in [0.05, 0.1) is 35.6 Å². The van der Waals surface area contributed by atoms with Crippen LogP contribution < -0.4 is 16.0 Å². The van der Waals surface area contributed by atoms with E-state index in [-0.39, 0.29) is 49.4 Å². The van der Waals surface area contributed by atoms with Crippen molar-refractivity contribution in [2.24, 2.45) is 11.8 Å². The molecular formula is C40H75N3O12. The van der Waals surface area contributed by atoms with Crippen LogP contribution in [-0.4, -0.2) is 155 Å². The van der Waals surface area contributed by atoms with E-state index in [0.29, 0.717) is 19.5 Å². The van der Waals surface area contributed by atoms with Crippen molar-refractivity contribution in [1.29, 1.82) is 0 Å². The van der Waals surface area contributed by atoms with Crippen molar-refractivity contribution in [2.75, 3.05) is 33.8 Å². The third kappa shape index (κ3) is 10.9. The number of hydrogen-bond donors (Lipinski definition) is 8. The molecule has 8 N–H and O–H groups in total. The first-order chi connectivity index (χ1) is 25.5. The Bertz CT molecular complexity index is 1240. The molecule has 17 atom stereocenters. The third-order valence-corrected chi connectivity index (χ3v) is 12.4. The highest BCUT2D eigenvalue weighted by atomic mass is 16.7. The van der Waals surface area contributed by atoms with Gasteiger partial charge in [0.25, 0.3) is 0 Å². The molecule has 3 aliphatic rings. The van der Waals surface area contributed by atoms with Crippen LogP contribution in [0.4, 0.5) is 0 Å². The highest BCUT2D eigenvalue weighted by Crippen LogP contribution is 2.43. The smallest absolute Gasteiger partial charge is 0.336 e. The van der Waals surface area contributed by atoms with E-state index in [0.717, 1.165) is 6.42 Å². The van der Waals surface area contributed by atoms with E-state index in [1.165, 1.54) is 14.0 Å². The standard InChI is InChI=1S/C40H75N3O12/c1-14-16-42-21-40(49)27(8)52-30(19-38(40,10)50-13)54-32-24(5)34(55-36-31(44)28(41-12)17-23(4)51-36)37(9,47)18-22(3)20-43-26(7)33(45)39(11,48)29(15-2)53-35(46)25(32)6/h22-24,26-34,36,41-45,47-49H,6,14-21H2,1-5,7-13H3/t22-,23-,24+,26-,27+,28+,29-,30+,31-,32+,33-,34-,36+,37-,38-,39-,40+/m1/s1. The summed E-state index contributed by atoms with van der Waals surface area (Å²) in [4.78, 5) is 14.2. The molecule has 0 saturated carbocycles. The van der Waals surface area contributed by atoms with Crippen LogP contribution in [0.15, 0.2) is 12.2 Å². The summed E-state index contributed by atoms with van der Waals surface area (Å²) in [5.74, 6) is -1.95. The minimum absolute atomic E-state index is 0.0521. The second-order valence-corrected chi connectivity index (χ2v) is 17.2. The lowest BCUT2D eigenvalue weighted by atomic mass is 9.75. The monoisotopic (exact) mass is 790 g/mol. The Labute approximate surface area is 329 Å². The van der Waals surface area contributed by atoms with Gasteiger partial charge in [-0.05, 0) is 93.3 Å². The minimum Gasteiger partial charge on any atom is -0.456 e. The largest absolute Gasteiger partial charge is 0.456 e. The molecule has 0 aliphatic carbocycles. The van der Waals surface area contributed by atoms with Crippen molar-refractivity contribution in [3.05, 3.63) is 12.2 Å². The zero-order valence-corrected chi connectivity index (χ0v) is 35.5. The van der Waals surface area contributed by atoms with E-state index >= 15 is 0 Å². The van der Waals surface area contributed by atoms with Crippen molar-refractivity contribution in [1.82, 2.24) is 16.0 Å². The first-order valence-corrected chi connectivity index (χ1v) is 20.2. The van der Waals surface area contributed by atoms with Crippen LogP contribution in [0.5, 0.6) is 0 Å². The zero-order valence-electron chi connectivity index (χ0n) is 35.5. The fourth-order valence-electron chi connectivity index (χ4n) is 8.75. The highest BCUT2D eigenvalue weighted by molar-refractivity contribution is 5.89. The first kappa shape index (κ1) is 48.1. The molecule has 0 aromatic rings. The molecule has 3 saturated heterocycles. The van der Waals surface area contributed by atoms with E-state index in [1.54, 1.807) is 48.6 Å². The topological polar surface area (TPSA) is 210 Å². The number of aliphatic hydroxyl groups excluding tert-OH is 2. The van der Waals surface area contributed by atoms with Crippen molar-refractivity contribution in [3.8, 4) is 0 Å². The molecule has 0 spiro atoms. The van der Waals surface area contributed by atoms with E-state index in [2.05, 4.69) is 22.5 Å². The number of methoxy groups -OCH3 is 1. The molecule has 0 aromatic carbocycles. The van der Waals surface area contributed by atoms with Crippen LogP contribution >= 0.6 is 0 Å². The molecule has 0 aromatic heterocycles. The van der Waals surface area contributed by atoms with Crippen molar-refractivity contribution in [3.63, 3.8) is 0 Å². The number of esters is 1. The molecular weight excluding hydrogens is 714 g/mol. The van der Waals surface area contributed by atoms with Crippen molar-refractivity contribution >= 4 is 5.97 Å². The maximum absolute atomic E-state index is 14.2. The van der Waals surface area contributed by atoms with Crippen molar-refractivity contribution < 1.29 is 58.7 Å². The molecule has 3 heterocycles. The number of aliphatic hydroxyl groups is 5. The number of ether oxygens (including phenoxy) is 6. The Kier molecular flexibility index (Phi) is 17.2. The van der Waals surface area contributed by atoms with Gasteiger partial charge in [-0.2, -0.15) is 0 Å². The fourth-order valence-corrected chi connectivity index (χ4v) is 8.75. The van der Waals surface area contributed by atoms with Gasteiger partial charge in [-0.15, -0.1) is 0 Å². The summed E-state index contributed by atoms with van der Waals surface area (Å²) < 4.78 is 37.8. The number of carbonyl (C=O) groups is 1. The Hall–Kier alpha value is -1.31. The average molecular weight is 790 g/mol. The summed E-state index contributed by atoms with van der Waals surface area (Å²) >= 11 is 0. The molecule has 0 radical (unpaired) electrons. The Morgan fingerprint density at radius 2 is 1.65 bits per heavy atom. The predicted molar refractivity (Wildman–Crippen MR) is 207 cm³/mol. The number of nitrogens with one attached hydrogen (secondary N) is 3. The molecule has 0 unspecified atom stereocenters. The van der Waals surface area contributed by atoms with Crippen LogP contribution in [0.25, 0.3) is 0 Å². The maximum atomic E-state index is 14.2. The Balaban J connectivity index is 2.15. The van der Waals surface area contributed by atoms with Gasteiger partial charge >= 0.3 is 5.97 Å². The Morgan fingerprint density at radius 3 is 2.24 bits per heavy atom. The molecule has 15 heteroatoms. The highest BCUT2D eigenvalue weighted by Gasteiger charge is 2.58. The van der Waals surface area contributed by atoms with Gasteiger partial charge in [0.2, 0.25) is 0 Å². The van der Waals surface area contributed by atoms with Crippen LogP contribution in [0.3, 0.4) is 0 Å². The Morgan fingerprint density at radius 1 is 1.00 bits per heavy atom. The zero-order chi connectivity index (χ0) is 41.7. The molecule has 3 aliphatic heterocycles. The first-order valence-electron chi connectivity index (χ1n) is 20.2. The second kappa shape index (κ2) is 19.6. The van der Waals surface area contributed by atoms with Gasteiger partial charge < -0.3 is 69.9 Å². The van der Waals surface area contributed by atoms with Gasteiger partial charge in [0, 0.05) is 38.1 Å². The SMILES string of the molecule is C=C1C(=O)O[C@H](CC)[C@@](C)(O)[C@H](O)[C@@H](C)NC[C@H](C)C[C@@](C)(O)[C@H](O[C@@H]2O[C@H](C)C[C@H](NC)[C@H]2O)[C@@H](C)[C@@H]1O[C@H]1C[C@@](C)(OC)[C@](O)(CNCCC)[C@H](C)O1. The summed E-state index contributed by atoms with van der Waals surface area (Å²) in [6.45, 7) is 23.0. The lowest BCUT2D eigenvalue weighted by Gasteiger charge is -2.53. The second-order valence-electron chi connectivity index (χ2n) is 17.2. The number of carbonyl (C=O) groups excluding carboxylic acids is 1. The van der Waals surface area contributed by atoms with Gasteiger partial charge in [0.1, 0.15) is 35.1 Å². The predicted octanol–water partition coefficient (Wildman–Crippen LogP) is 1.51. The van der Waals surface area contributed by atoms with E-state index in [1.807, 2.05) is 20.8 Å². The van der Waals surface area contributed by atoms with E-state index in [9.17, 15) is 30.3 Å². The fraction of sp³-hybridized carbons (Fsp3) is 0.925. The maximum Gasteiger partial charge on any atom is 0.336 e. The van der Waals surface area contributed by atoms with Crippen molar-refractivity contribution in [2.45, 2.75) is 191 Å². The summed E-state index contributed by atoms with van der Waals surface area (Å²) in [6, 6.07) is -0.967. The summed E-state index contributed by atoms with van der Waals surface area (Å²) in [5.41, 5.74) is -6.23. The molecule has 3 rings (SSSR count). The lowest BCUT2D eigenvalue weighted by Crippen LogP contribution is -2.70. The summed E-state index contributed by atoms with van der Waals surface area (Å²) in [6.07, 6.45) is -7.40. The summed E-state index contributed by atoms with van der Waals surface area (Å²) in [5, 5.41) is 68.5. The van der Waals surface area contributed by atoms with Gasteiger partial charge in [-0.1, -0.05) is 34.3 Å². The molecule has 55 heavy (non-hydrogen) atoms. The third-order valence-electron chi connectivity index (χ3n) is 12.4. The van der Waals surface area contributed by atoms with Gasteiger partial charge in [-0.3, -0.25) is 0 Å². The quantitative estimate of drug-likeness (QED) is 0.0848. The molecule has 15 nitrogen and oxygen atoms in total. The van der Waals surface area contributed by atoms with E-state index in [4.69, 9.17) is 28.4 Å². The van der Waals surface area contributed by atoms with Crippen LogP contribution in [0.2, 0.25) is 0 Å². The van der Waals surface area contributed by atoms with Crippen LogP contribution in [0.1, 0.15) is 101 Å². The number of cyclic esters (lactones) is 1. The molecule has 322 valence electrons. The average Bonchev–Trinajstić information content (AvgIpc) is 3.12. The van der Waals surface area contributed by atoms with Crippen LogP contribution in [0, 0.1) is 11.8 Å². The molecule has 0 bridgehead atoms. The number of hydrogen-bond acceptors (Lipinski definition) is 15. The minimum atomic E-state index is -1.85. The molecule has 0 amide bonds. The summed E-state index contributed by atoms with van der Waals surface area (Å²) in [7, 11) is 3.26. The number of likely N-dealkylation sites (N-methyl/N-ethyl adjacent to an activating group) is 1.